The van der Waals surface area contributed by atoms with Crippen LogP contribution in [0.1, 0.15) is 86.3 Å². The molecule has 14 nitrogen and oxygen atoms in total. The highest BCUT2D eigenvalue weighted by Gasteiger charge is 2.73. The molecule has 1 aromatic heterocycles. The smallest absolute Gasteiger partial charge is 0.351 e. The third kappa shape index (κ3) is 8.52. The summed E-state index contributed by atoms with van der Waals surface area (Å²) in [5.74, 6) is -4.02. The lowest BCUT2D eigenvalue weighted by atomic mass is 9.72. The van der Waals surface area contributed by atoms with E-state index in [2.05, 4.69) is 10.3 Å². The number of aromatic nitrogens is 2. The Hall–Kier alpha value is -3.24. The number of nitrogens with zero attached hydrogens (tertiary/aromatic N) is 2. The molecule has 1 amide bonds. The highest BCUT2D eigenvalue weighted by atomic mass is 28.4. The summed E-state index contributed by atoms with van der Waals surface area (Å²) in [7, 11) is -2.57. The molecular formula is C30H45N3O11Si. The van der Waals surface area contributed by atoms with Gasteiger partial charge in [0.2, 0.25) is 11.5 Å². The Morgan fingerprint density at radius 3 is 1.87 bits per heavy atom. The topological polar surface area (TPSA) is 208 Å². The average molecular weight is 652 g/mol. The first-order chi connectivity index (χ1) is 20.6. The van der Waals surface area contributed by atoms with Crippen molar-refractivity contribution in [2.24, 2.45) is 0 Å². The fraction of sp³-hybridized carbons (Fsp3) is 0.667. The zero-order valence-corrected chi connectivity index (χ0v) is 28.2. The summed E-state index contributed by atoms with van der Waals surface area (Å²) in [6.07, 6.45) is -4.62. The predicted octanol–water partition coefficient (Wildman–Crippen LogP) is 1.81. The van der Waals surface area contributed by atoms with Crippen molar-refractivity contribution in [1.82, 2.24) is 9.55 Å². The quantitative estimate of drug-likeness (QED) is 0.219. The summed E-state index contributed by atoms with van der Waals surface area (Å²) in [6, 6.07) is 1.17. The van der Waals surface area contributed by atoms with Crippen molar-refractivity contribution in [1.29, 1.82) is 0 Å². The molecule has 0 aliphatic carbocycles. The van der Waals surface area contributed by atoms with Crippen molar-refractivity contribution in [3.05, 3.63) is 22.7 Å². The molecule has 0 radical (unpaired) electrons. The number of Topliss-reactive ketones (excluding diaryl/α,β-unsaturated/α-hetero) is 5. The zero-order chi connectivity index (χ0) is 34.5. The van der Waals surface area contributed by atoms with Crippen LogP contribution in [0.5, 0.6) is 0 Å². The molecule has 45 heavy (non-hydrogen) atoms. The molecule has 0 spiro atoms. The minimum absolute atomic E-state index is 0.0250. The van der Waals surface area contributed by atoms with Crippen LogP contribution in [0, 0.1) is 0 Å². The molecule has 2 rings (SSSR count). The predicted molar refractivity (Wildman–Crippen MR) is 164 cm³/mol. The molecule has 2 heterocycles. The first kappa shape index (κ1) is 37.9. The molecule has 1 aliphatic rings. The van der Waals surface area contributed by atoms with Gasteiger partial charge in [0.1, 0.15) is 29.3 Å². The van der Waals surface area contributed by atoms with Crippen molar-refractivity contribution in [3.8, 4) is 0 Å². The molecule has 0 aromatic carbocycles. The monoisotopic (exact) mass is 651 g/mol. The number of ether oxygens (including phenoxy) is 1. The van der Waals surface area contributed by atoms with Crippen LogP contribution in [-0.4, -0.2) is 86.8 Å². The molecule has 0 unspecified atom stereocenters. The average Bonchev–Trinajstić information content (AvgIpc) is 3.15. The van der Waals surface area contributed by atoms with E-state index in [1.165, 1.54) is 26.8 Å². The molecule has 1 aromatic rings. The third-order valence-corrected chi connectivity index (χ3v) is 12.9. The Labute approximate surface area is 263 Å². The number of nitrogens with one attached hydrogen (secondary N) is 1. The number of hydrogen-bond donors (Lipinski definition) is 3. The zero-order valence-electron chi connectivity index (χ0n) is 27.2. The van der Waals surface area contributed by atoms with Crippen LogP contribution >= 0.6 is 0 Å². The number of carbonyl (C=O) groups excluding carboxylic acids is 6. The molecule has 0 bridgehead atoms. The van der Waals surface area contributed by atoms with Crippen molar-refractivity contribution in [2.45, 2.75) is 122 Å². The number of carbonyl (C=O) groups is 6. The Balaban J connectivity index is 2.68. The SMILES string of the molecule is CC(=O)CCC(=O)Nc1ccn([C@@H]2O[C@H](CO[Si](C)(C)C(C)(C)C)[C@](O)(C(=O)CCC(C)=O)[C@@]2(O)C(=O)CCC(C)=O)c(=O)n1. The largest absolute Gasteiger partial charge is 0.414 e. The lowest BCUT2D eigenvalue weighted by Gasteiger charge is -2.40. The van der Waals surface area contributed by atoms with Crippen molar-refractivity contribution in [2.75, 3.05) is 11.9 Å². The Bertz CT molecular complexity index is 1400. The highest BCUT2D eigenvalue weighted by Crippen LogP contribution is 2.49. The van der Waals surface area contributed by atoms with Crippen LogP contribution in [0.25, 0.3) is 0 Å². The summed E-state index contributed by atoms with van der Waals surface area (Å²) in [5, 5.41) is 26.4. The second kappa shape index (κ2) is 14.5. The standard InChI is InChI=1S/C30H45N3O11Si/c1-18(34)9-12-21(37)29(41)23(17-43-45(7,8)28(4,5)6)44-26(30(29,42)22(38)13-10-19(2)35)33-16-15-24(32-27(33)40)31-25(39)14-11-20(3)36/h15-16,23,26,41-42H,9-14,17H2,1-8H3,(H,31,32,39,40)/t23-,26-,29-,30-/m1/s1. The molecule has 3 N–H and O–H groups in total. The normalized spacial score (nSPS) is 23.4. The van der Waals surface area contributed by atoms with Gasteiger partial charge in [0, 0.05) is 44.7 Å². The van der Waals surface area contributed by atoms with E-state index >= 15 is 0 Å². The molecule has 0 saturated carbocycles. The number of rotatable bonds is 16. The Morgan fingerprint density at radius 1 is 0.911 bits per heavy atom. The molecule has 4 atom stereocenters. The number of hydrogen-bond acceptors (Lipinski definition) is 12. The fourth-order valence-electron chi connectivity index (χ4n) is 4.57. The van der Waals surface area contributed by atoms with Crippen LogP contribution in [0.4, 0.5) is 5.82 Å². The lowest BCUT2D eigenvalue weighted by Crippen LogP contribution is -2.68. The Kier molecular flexibility index (Phi) is 12.2. The van der Waals surface area contributed by atoms with Crippen molar-refractivity contribution >= 4 is 49.0 Å². The van der Waals surface area contributed by atoms with E-state index in [1.54, 1.807) is 0 Å². The van der Waals surface area contributed by atoms with Gasteiger partial charge in [-0.1, -0.05) is 20.8 Å². The van der Waals surface area contributed by atoms with Gasteiger partial charge in [-0.25, -0.2) is 4.79 Å². The van der Waals surface area contributed by atoms with Crippen LogP contribution in [0.3, 0.4) is 0 Å². The van der Waals surface area contributed by atoms with Gasteiger partial charge in [-0.05, 0) is 45.0 Å². The molecular weight excluding hydrogens is 606 g/mol. The van der Waals surface area contributed by atoms with E-state index in [1.807, 2.05) is 33.9 Å². The lowest BCUT2D eigenvalue weighted by molar-refractivity contribution is -0.184. The molecule has 1 saturated heterocycles. The second-order valence-corrected chi connectivity index (χ2v) is 17.9. The number of ketones is 5. The maximum atomic E-state index is 13.8. The van der Waals surface area contributed by atoms with E-state index in [-0.39, 0.29) is 48.1 Å². The van der Waals surface area contributed by atoms with E-state index in [0.717, 1.165) is 6.20 Å². The van der Waals surface area contributed by atoms with Crippen LogP contribution in [0.15, 0.2) is 17.1 Å². The minimum atomic E-state index is -3.12. The number of aliphatic hydroxyl groups is 2. The molecule has 250 valence electrons. The number of amides is 1. The third-order valence-electron chi connectivity index (χ3n) is 8.41. The maximum absolute atomic E-state index is 13.8. The first-order valence-electron chi connectivity index (χ1n) is 14.8. The minimum Gasteiger partial charge on any atom is -0.414 e. The van der Waals surface area contributed by atoms with Crippen LogP contribution < -0.4 is 11.0 Å². The molecule has 1 aliphatic heterocycles. The van der Waals surface area contributed by atoms with Gasteiger partial charge in [0.15, 0.2) is 31.7 Å². The van der Waals surface area contributed by atoms with Gasteiger partial charge in [-0.3, -0.25) is 19.0 Å². The molecule has 1 fully saturated rings. The van der Waals surface area contributed by atoms with Gasteiger partial charge in [0.05, 0.1) is 6.61 Å². The second-order valence-electron chi connectivity index (χ2n) is 13.1. The van der Waals surface area contributed by atoms with Gasteiger partial charge < -0.3 is 39.1 Å². The summed E-state index contributed by atoms with van der Waals surface area (Å²) < 4.78 is 12.9. The van der Waals surface area contributed by atoms with Crippen molar-refractivity contribution < 1.29 is 48.1 Å². The van der Waals surface area contributed by atoms with Gasteiger partial charge in [-0.15, -0.1) is 0 Å². The Morgan fingerprint density at radius 2 is 1.40 bits per heavy atom. The summed E-state index contributed by atoms with van der Waals surface area (Å²) in [5.41, 5.74) is -7.23. The highest BCUT2D eigenvalue weighted by molar-refractivity contribution is 6.74. The van der Waals surface area contributed by atoms with Crippen molar-refractivity contribution in [3.63, 3.8) is 0 Å². The summed E-state index contributed by atoms with van der Waals surface area (Å²) in [6.45, 7) is 13.0. The van der Waals surface area contributed by atoms with E-state index in [0.29, 0.717) is 4.57 Å². The summed E-state index contributed by atoms with van der Waals surface area (Å²) in [4.78, 5) is 91.4. The van der Waals surface area contributed by atoms with E-state index in [4.69, 9.17) is 9.16 Å². The van der Waals surface area contributed by atoms with Gasteiger partial charge in [0.25, 0.3) is 0 Å². The number of anilines is 1. The fourth-order valence-corrected chi connectivity index (χ4v) is 5.57. The van der Waals surface area contributed by atoms with Crippen LogP contribution in [0.2, 0.25) is 18.1 Å². The van der Waals surface area contributed by atoms with E-state index < -0.39 is 80.2 Å². The van der Waals surface area contributed by atoms with Crippen LogP contribution in [-0.2, 0) is 37.9 Å². The van der Waals surface area contributed by atoms with E-state index in [9.17, 15) is 43.8 Å². The maximum Gasteiger partial charge on any atom is 0.351 e. The first-order valence-corrected chi connectivity index (χ1v) is 17.7. The van der Waals surface area contributed by atoms with Gasteiger partial charge >= 0.3 is 5.69 Å². The molecule has 15 heteroatoms. The summed E-state index contributed by atoms with van der Waals surface area (Å²) >= 11 is 0. The van der Waals surface area contributed by atoms with Gasteiger partial charge in [-0.2, -0.15) is 4.98 Å².